The first kappa shape index (κ1) is 20.9. The number of piperazine rings is 1. The molecule has 160 valence electrons. The first-order chi connectivity index (χ1) is 14.3. The van der Waals surface area contributed by atoms with Gasteiger partial charge in [0.25, 0.3) is 0 Å². The van der Waals surface area contributed by atoms with Crippen molar-refractivity contribution < 1.29 is 14.6 Å². The van der Waals surface area contributed by atoms with Crippen molar-refractivity contribution in [1.82, 2.24) is 9.80 Å². The van der Waals surface area contributed by atoms with Crippen molar-refractivity contribution in [1.29, 1.82) is 0 Å². The van der Waals surface area contributed by atoms with Gasteiger partial charge < -0.3 is 14.7 Å². The van der Waals surface area contributed by atoms with E-state index in [9.17, 15) is 9.90 Å². The number of rotatable bonds is 3. The van der Waals surface area contributed by atoms with Crippen LogP contribution in [0.4, 0.5) is 4.79 Å². The Morgan fingerprint density at radius 2 is 1.53 bits per heavy atom. The number of hydrogen-bond acceptors (Lipinski definition) is 4. The predicted molar refractivity (Wildman–Crippen MR) is 117 cm³/mol. The number of aliphatic hydroxyl groups excluding tert-OH is 1. The summed E-state index contributed by atoms with van der Waals surface area (Å²) in [7, 11) is 0. The quantitative estimate of drug-likeness (QED) is 0.838. The summed E-state index contributed by atoms with van der Waals surface area (Å²) < 4.78 is 5.70. The highest BCUT2D eigenvalue weighted by atomic mass is 16.6. The first-order valence-corrected chi connectivity index (χ1v) is 10.8. The Balaban J connectivity index is 1.71. The lowest BCUT2D eigenvalue weighted by molar-refractivity contribution is -0.00698. The molecule has 2 heterocycles. The maximum Gasteiger partial charge on any atom is 0.410 e. The molecular weight excluding hydrogens is 376 g/mol. The molecule has 0 radical (unpaired) electrons. The number of benzene rings is 2. The Labute approximate surface area is 179 Å². The van der Waals surface area contributed by atoms with E-state index < -0.39 is 5.60 Å². The Morgan fingerprint density at radius 1 is 0.967 bits per heavy atom. The second-order valence-electron chi connectivity index (χ2n) is 9.49. The summed E-state index contributed by atoms with van der Waals surface area (Å²) in [4.78, 5) is 17.2. The zero-order valence-corrected chi connectivity index (χ0v) is 18.1. The van der Waals surface area contributed by atoms with Gasteiger partial charge in [-0.2, -0.15) is 0 Å². The number of hydrogen-bond donors (Lipinski definition) is 1. The van der Waals surface area contributed by atoms with Gasteiger partial charge in [-0.1, -0.05) is 60.7 Å². The summed E-state index contributed by atoms with van der Waals surface area (Å²) in [5.74, 6) is 0.102. The molecule has 2 saturated heterocycles. The van der Waals surface area contributed by atoms with Crippen LogP contribution in [0.15, 0.2) is 60.7 Å². The third kappa shape index (κ3) is 4.52. The summed E-state index contributed by atoms with van der Waals surface area (Å²) in [5.41, 5.74) is 1.91. The average Bonchev–Trinajstić information content (AvgIpc) is 3.09. The number of carbonyl (C=O) groups is 1. The van der Waals surface area contributed by atoms with Crippen molar-refractivity contribution in [2.75, 3.05) is 19.6 Å². The van der Waals surface area contributed by atoms with Gasteiger partial charge in [0, 0.05) is 37.6 Å². The van der Waals surface area contributed by atoms with Crippen LogP contribution < -0.4 is 0 Å². The summed E-state index contributed by atoms with van der Waals surface area (Å²) >= 11 is 0. The van der Waals surface area contributed by atoms with E-state index in [0.717, 1.165) is 0 Å². The monoisotopic (exact) mass is 408 g/mol. The number of ether oxygens (including phenoxy) is 1. The fraction of sp³-hybridized carbons (Fsp3) is 0.480. The maximum atomic E-state index is 12.9. The molecule has 0 unspecified atom stereocenters. The molecule has 0 spiro atoms. The number of fused-ring (bicyclic) bond motifs is 1. The zero-order valence-electron chi connectivity index (χ0n) is 18.1. The highest BCUT2D eigenvalue weighted by Crippen LogP contribution is 2.38. The van der Waals surface area contributed by atoms with E-state index in [0.29, 0.717) is 26.1 Å². The molecule has 1 amide bonds. The molecule has 0 aliphatic carbocycles. The van der Waals surface area contributed by atoms with Crippen molar-refractivity contribution in [3.8, 4) is 0 Å². The van der Waals surface area contributed by atoms with Gasteiger partial charge in [0.05, 0.1) is 6.10 Å². The van der Waals surface area contributed by atoms with Crippen LogP contribution >= 0.6 is 0 Å². The Bertz CT molecular complexity index is 810. The van der Waals surface area contributed by atoms with Crippen molar-refractivity contribution in [3.63, 3.8) is 0 Å². The van der Waals surface area contributed by atoms with E-state index >= 15 is 0 Å². The molecule has 2 aromatic rings. The fourth-order valence-electron chi connectivity index (χ4n) is 4.89. The maximum absolute atomic E-state index is 12.9. The summed E-state index contributed by atoms with van der Waals surface area (Å²) in [6, 6.07) is 21.2. The Hall–Kier alpha value is -2.37. The molecule has 0 bridgehead atoms. The minimum absolute atomic E-state index is 0.0678. The Kier molecular flexibility index (Phi) is 5.85. The van der Waals surface area contributed by atoms with E-state index in [1.54, 1.807) is 0 Å². The van der Waals surface area contributed by atoms with E-state index in [4.69, 9.17) is 4.74 Å². The lowest BCUT2D eigenvalue weighted by Gasteiger charge is -2.46. The zero-order chi connectivity index (χ0) is 21.3. The molecule has 2 aliphatic rings. The van der Waals surface area contributed by atoms with Gasteiger partial charge in [-0.25, -0.2) is 4.79 Å². The summed E-state index contributed by atoms with van der Waals surface area (Å²) in [6.07, 6.45) is 0.0585. The normalized spacial score (nSPS) is 24.7. The molecule has 4 rings (SSSR count). The van der Waals surface area contributed by atoms with Crippen molar-refractivity contribution in [2.45, 2.75) is 56.9 Å². The van der Waals surface area contributed by atoms with Crippen LogP contribution in [0.1, 0.15) is 44.2 Å². The third-order valence-electron chi connectivity index (χ3n) is 6.05. The minimum Gasteiger partial charge on any atom is -0.444 e. The summed E-state index contributed by atoms with van der Waals surface area (Å²) in [6.45, 7) is 7.51. The van der Waals surface area contributed by atoms with Gasteiger partial charge in [-0.05, 0) is 38.3 Å². The second-order valence-corrected chi connectivity index (χ2v) is 9.49. The molecule has 2 aromatic carbocycles. The van der Waals surface area contributed by atoms with Crippen LogP contribution in [0, 0.1) is 0 Å². The molecular formula is C25H32N2O3. The van der Waals surface area contributed by atoms with Crippen LogP contribution in [-0.4, -0.2) is 64.4 Å². The van der Waals surface area contributed by atoms with E-state index in [-0.39, 0.29) is 30.2 Å². The fourth-order valence-corrected chi connectivity index (χ4v) is 4.89. The highest BCUT2D eigenvalue weighted by Gasteiger charge is 2.46. The molecule has 5 nitrogen and oxygen atoms in total. The van der Waals surface area contributed by atoms with Crippen molar-refractivity contribution in [3.05, 3.63) is 71.8 Å². The smallest absolute Gasteiger partial charge is 0.410 e. The largest absolute Gasteiger partial charge is 0.444 e. The van der Waals surface area contributed by atoms with Crippen LogP contribution in [-0.2, 0) is 4.74 Å². The molecule has 2 aliphatic heterocycles. The van der Waals surface area contributed by atoms with Crippen molar-refractivity contribution >= 4 is 6.09 Å². The number of amides is 1. The van der Waals surface area contributed by atoms with Crippen LogP contribution in [0.5, 0.6) is 0 Å². The molecule has 0 saturated carbocycles. The first-order valence-electron chi connectivity index (χ1n) is 10.8. The van der Waals surface area contributed by atoms with Crippen LogP contribution in [0.2, 0.25) is 0 Å². The molecule has 0 aromatic heterocycles. The predicted octanol–water partition coefficient (Wildman–Crippen LogP) is 3.87. The molecule has 3 atom stereocenters. The number of aliphatic hydroxyl groups is 1. The molecule has 5 heteroatoms. The highest BCUT2D eigenvalue weighted by molar-refractivity contribution is 5.68. The average molecular weight is 409 g/mol. The van der Waals surface area contributed by atoms with Gasteiger partial charge in [0.15, 0.2) is 0 Å². The minimum atomic E-state index is -0.531. The van der Waals surface area contributed by atoms with E-state index in [1.807, 2.05) is 37.8 Å². The van der Waals surface area contributed by atoms with E-state index in [1.165, 1.54) is 11.1 Å². The molecule has 2 fully saturated rings. The van der Waals surface area contributed by atoms with Gasteiger partial charge >= 0.3 is 6.09 Å². The van der Waals surface area contributed by atoms with Crippen molar-refractivity contribution in [2.24, 2.45) is 0 Å². The standard InChI is InChI=1S/C25H32N2O3/c1-25(2,3)30-24(29)26-15-20-14-21(28)16-27(20)22(17-26)23(18-10-6-4-7-11-18)19-12-8-5-9-13-19/h4-13,20-23,28H,14-17H2,1-3H3/t20-,21-,22-/m0/s1. The Morgan fingerprint density at radius 3 is 2.07 bits per heavy atom. The number of nitrogens with zero attached hydrogens (tertiary/aromatic N) is 2. The lowest BCUT2D eigenvalue weighted by atomic mass is 9.82. The second kappa shape index (κ2) is 8.40. The number of carbonyl (C=O) groups excluding carboxylic acids is 1. The molecule has 30 heavy (non-hydrogen) atoms. The van der Waals surface area contributed by atoms with Gasteiger partial charge in [-0.3, -0.25) is 4.90 Å². The third-order valence-corrected chi connectivity index (χ3v) is 6.05. The topological polar surface area (TPSA) is 53.0 Å². The van der Waals surface area contributed by atoms with Gasteiger partial charge in [0.2, 0.25) is 0 Å². The van der Waals surface area contributed by atoms with Crippen LogP contribution in [0.25, 0.3) is 0 Å². The molecule has 1 N–H and O–H groups in total. The van der Waals surface area contributed by atoms with Gasteiger partial charge in [0.1, 0.15) is 5.60 Å². The lowest BCUT2D eigenvalue weighted by Crippen LogP contribution is -2.60. The van der Waals surface area contributed by atoms with E-state index in [2.05, 4.69) is 53.4 Å². The SMILES string of the molecule is CC(C)(C)OC(=O)N1C[C@@H]2C[C@H](O)CN2[C@H](C(c2ccccc2)c2ccccc2)C1. The summed E-state index contributed by atoms with van der Waals surface area (Å²) in [5, 5.41) is 10.4. The van der Waals surface area contributed by atoms with Crippen LogP contribution in [0.3, 0.4) is 0 Å². The van der Waals surface area contributed by atoms with Gasteiger partial charge in [-0.15, -0.1) is 0 Å².